The van der Waals surface area contributed by atoms with Crippen molar-refractivity contribution < 1.29 is 5.11 Å². The summed E-state index contributed by atoms with van der Waals surface area (Å²) in [7, 11) is 0. The second kappa shape index (κ2) is 6.04. The quantitative estimate of drug-likeness (QED) is 0.925. The van der Waals surface area contributed by atoms with E-state index in [1.165, 1.54) is 5.56 Å². The number of rotatable bonds is 4. The van der Waals surface area contributed by atoms with E-state index in [2.05, 4.69) is 35.9 Å². The Morgan fingerprint density at radius 2 is 1.95 bits per heavy atom. The van der Waals surface area contributed by atoms with E-state index >= 15 is 0 Å². The normalized spacial score (nSPS) is 10.5. The molecule has 0 fully saturated rings. The number of hydrogen-bond donors (Lipinski definition) is 1. The molecular formula is C15H17ClN2O. The largest absolute Gasteiger partial charge is 0.390 e. The third-order valence-corrected chi connectivity index (χ3v) is 3.40. The summed E-state index contributed by atoms with van der Waals surface area (Å²) >= 11 is 5.98. The molecule has 0 atom stereocenters. The van der Waals surface area contributed by atoms with Crippen molar-refractivity contribution in [3.05, 3.63) is 52.7 Å². The average Bonchev–Trinajstić information content (AvgIpc) is 2.43. The Bertz CT molecular complexity index is 572. The average molecular weight is 277 g/mol. The molecule has 1 aromatic carbocycles. The van der Waals surface area contributed by atoms with Crippen LogP contribution in [0.2, 0.25) is 5.02 Å². The van der Waals surface area contributed by atoms with E-state index < -0.39 is 0 Å². The molecule has 2 aromatic rings. The lowest BCUT2D eigenvalue weighted by Crippen LogP contribution is -2.18. The molecule has 1 aromatic heterocycles. The number of aliphatic hydroxyl groups is 1. The molecular weight excluding hydrogens is 260 g/mol. The highest BCUT2D eigenvalue weighted by molar-refractivity contribution is 6.31. The molecule has 0 aliphatic rings. The molecule has 0 saturated heterocycles. The molecule has 0 aliphatic carbocycles. The number of pyridine rings is 1. The highest BCUT2D eigenvalue weighted by Gasteiger charge is 2.12. The molecule has 0 saturated carbocycles. The van der Waals surface area contributed by atoms with Gasteiger partial charge >= 0.3 is 0 Å². The highest BCUT2D eigenvalue weighted by Crippen LogP contribution is 2.28. The van der Waals surface area contributed by atoms with Crippen molar-refractivity contribution in [2.75, 3.05) is 11.4 Å². The van der Waals surface area contributed by atoms with Gasteiger partial charge in [0.05, 0.1) is 17.3 Å². The van der Waals surface area contributed by atoms with E-state index in [0.717, 1.165) is 18.1 Å². The van der Waals surface area contributed by atoms with Gasteiger partial charge in [-0.2, -0.15) is 0 Å². The Kier molecular flexibility index (Phi) is 4.40. The zero-order valence-corrected chi connectivity index (χ0v) is 11.9. The fourth-order valence-corrected chi connectivity index (χ4v) is 2.22. The van der Waals surface area contributed by atoms with Crippen molar-refractivity contribution in [2.24, 2.45) is 0 Å². The van der Waals surface area contributed by atoms with Gasteiger partial charge in [0.25, 0.3) is 0 Å². The molecule has 19 heavy (non-hydrogen) atoms. The van der Waals surface area contributed by atoms with Gasteiger partial charge in [-0.3, -0.25) is 0 Å². The van der Waals surface area contributed by atoms with Gasteiger partial charge in [-0.25, -0.2) is 4.98 Å². The minimum absolute atomic E-state index is 0.155. The number of aromatic nitrogens is 1. The van der Waals surface area contributed by atoms with E-state index in [0.29, 0.717) is 10.7 Å². The van der Waals surface area contributed by atoms with Crippen LogP contribution in [0.1, 0.15) is 18.2 Å². The fraction of sp³-hybridized carbons (Fsp3) is 0.267. The van der Waals surface area contributed by atoms with Gasteiger partial charge in [0, 0.05) is 12.2 Å². The Morgan fingerprint density at radius 3 is 2.58 bits per heavy atom. The van der Waals surface area contributed by atoms with E-state index in [1.54, 1.807) is 6.07 Å². The Labute approximate surface area is 118 Å². The molecule has 0 aliphatic heterocycles. The number of para-hydroxylation sites is 1. The van der Waals surface area contributed by atoms with Gasteiger partial charge in [0.15, 0.2) is 0 Å². The van der Waals surface area contributed by atoms with Crippen molar-refractivity contribution in [3.8, 4) is 0 Å². The first-order valence-electron chi connectivity index (χ1n) is 6.26. The number of halogens is 1. The summed E-state index contributed by atoms with van der Waals surface area (Å²) in [5.74, 6) is 0.797. The molecule has 4 heteroatoms. The third kappa shape index (κ3) is 2.88. The molecule has 0 amide bonds. The summed E-state index contributed by atoms with van der Waals surface area (Å²) in [6, 6.07) is 11.8. The first-order chi connectivity index (χ1) is 9.17. The second-order valence-electron chi connectivity index (χ2n) is 4.29. The first kappa shape index (κ1) is 13.8. The summed E-state index contributed by atoms with van der Waals surface area (Å²) in [6.45, 7) is 4.78. The maximum absolute atomic E-state index is 9.26. The number of aryl methyl sites for hydroxylation is 1. The fourth-order valence-electron chi connectivity index (χ4n) is 2.06. The van der Waals surface area contributed by atoms with E-state index in [1.807, 2.05) is 18.2 Å². The first-order valence-corrected chi connectivity index (χ1v) is 6.64. The van der Waals surface area contributed by atoms with Gasteiger partial charge in [0.1, 0.15) is 5.82 Å². The minimum Gasteiger partial charge on any atom is -0.390 e. The maximum atomic E-state index is 9.26. The summed E-state index contributed by atoms with van der Waals surface area (Å²) < 4.78 is 0. The molecule has 0 unspecified atom stereocenters. The van der Waals surface area contributed by atoms with Crippen LogP contribution in [0.4, 0.5) is 11.5 Å². The van der Waals surface area contributed by atoms with Crippen molar-refractivity contribution in [1.29, 1.82) is 0 Å². The SMILES string of the molecule is CCN(c1ccc(Cl)c(CO)n1)c1ccccc1C. The number of anilines is 2. The van der Waals surface area contributed by atoms with Crippen LogP contribution in [0.25, 0.3) is 0 Å². The van der Waals surface area contributed by atoms with Crippen LogP contribution in [0.3, 0.4) is 0 Å². The highest BCUT2D eigenvalue weighted by atomic mass is 35.5. The summed E-state index contributed by atoms with van der Waals surface area (Å²) in [5.41, 5.74) is 2.81. The zero-order valence-electron chi connectivity index (χ0n) is 11.1. The topological polar surface area (TPSA) is 36.4 Å². The number of hydrogen-bond acceptors (Lipinski definition) is 3. The molecule has 0 radical (unpaired) electrons. The van der Waals surface area contributed by atoms with Gasteiger partial charge in [-0.15, -0.1) is 0 Å². The zero-order chi connectivity index (χ0) is 13.8. The van der Waals surface area contributed by atoms with Crippen molar-refractivity contribution in [2.45, 2.75) is 20.5 Å². The Balaban J connectivity index is 2.45. The molecule has 100 valence electrons. The van der Waals surface area contributed by atoms with Gasteiger partial charge < -0.3 is 10.0 Å². The molecule has 0 spiro atoms. The van der Waals surface area contributed by atoms with Crippen molar-refractivity contribution in [3.63, 3.8) is 0 Å². The monoisotopic (exact) mass is 276 g/mol. The number of nitrogens with zero attached hydrogens (tertiary/aromatic N) is 2. The number of aliphatic hydroxyl groups excluding tert-OH is 1. The van der Waals surface area contributed by atoms with Crippen LogP contribution in [0.15, 0.2) is 36.4 Å². The van der Waals surface area contributed by atoms with Gasteiger partial charge in [0.2, 0.25) is 0 Å². The lowest BCUT2D eigenvalue weighted by atomic mass is 10.2. The lowest BCUT2D eigenvalue weighted by molar-refractivity contribution is 0.277. The second-order valence-corrected chi connectivity index (χ2v) is 4.69. The van der Waals surface area contributed by atoms with Crippen LogP contribution < -0.4 is 4.90 Å². The molecule has 1 N–H and O–H groups in total. The van der Waals surface area contributed by atoms with E-state index in [-0.39, 0.29) is 6.61 Å². The summed E-state index contributed by atoms with van der Waals surface area (Å²) in [5, 5.41) is 9.75. The molecule has 2 rings (SSSR count). The summed E-state index contributed by atoms with van der Waals surface area (Å²) in [4.78, 5) is 6.53. The van der Waals surface area contributed by atoms with E-state index in [9.17, 15) is 5.11 Å². The molecule has 1 heterocycles. The van der Waals surface area contributed by atoms with E-state index in [4.69, 9.17) is 11.6 Å². The minimum atomic E-state index is -0.155. The predicted octanol–water partition coefficient (Wildman–Crippen LogP) is 3.69. The lowest BCUT2D eigenvalue weighted by Gasteiger charge is -2.24. The number of benzene rings is 1. The standard InChI is InChI=1S/C15H17ClN2O/c1-3-18(14-7-5-4-6-11(14)2)15-9-8-12(16)13(10-19)17-15/h4-9,19H,3,10H2,1-2H3. The van der Waals surface area contributed by atoms with Crippen LogP contribution in [0, 0.1) is 6.92 Å². The van der Waals surface area contributed by atoms with Crippen LogP contribution in [-0.2, 0) is 6.61 Å². The van der Waals surface area contributed by atoms with Crippen LogP contribution in [-0.4, -0.2) is 16.6 Å². The third-order valence-electron chi connectivity index (χ3n) is 3.05. The van der Waals surface area contributed by atoms with Gasteiger partial charge in [-0.1, -0.05) is 29.8 Å². The van der Waals surface area contributed by atoms with Crippen molar-refractivity contribution >= 4 is 23.1 Å². The van der Waals surface area contributed by atoms with Crippen LogP contribution in [0.5, 0.6) is 0 Å². The molecule has 0 bridgehead atoms. The van der Waals surface area contributed by atoms with Gasteiger partial charge in [-0.05, 0) is 37.6 Å². The predicted molar refractivity (Wildman–Crippen MR) is 79.0 cm³/mol. The Morgan fingerprint density at radius 1 is 1.21 bits per heavy atom. The summed E-state index contributed by atoms with van der Waals surface area (Å²) in [6.07, 6.45) is 0. The Hall–Kier alpha value is -1.58. The van der Waals surface area contributed by atoms with Crippen LogP contribution >= 0.6 is 11.6 Å². The maximum Gasteiger partial charge on any atom is 0.133 e. The van der Waals surface area contributed by atoms with Crippen molar-refractivity contribution in [1.82, 2.24) is 4.98 Å². The molecule has 3 nitrogen and oxygen atoms in total. The smallest absolute Gasteiger partial charge is 0.133 e.